The minimum Gasteiger partial charge on any atom is -0.497 e. The summed E-state index contributed by atoms with van der Waals surface area (Å²) in [6, 6.07) is 18.0. The molecule has 4 heteroatoms. The minimum atomic E-state index is 0.186. The monoisotopic (exact) mass is 279 g/mol. The second kappa shape index (κ2) is 5.79. The Morgan fingerprint density at radius 3 is 2.38 bits per heavy atom. The zero-order valence-electron chi connectivity index (χ0n) is 12.1. The highest BCUT2D eigenvalue weighted by molar-refractivity contribution is 5.56. The number of methoxy groups -OCH3 is 1. The van der Waals surface area contributed by atoms with Crippen molar-refractivity contribution in [2.45, 2.75) is 12.8 Å². The van der Waals surface area contributed by atoms with Crippen LogP contribution in [-0.4, -0.2) is 22.3 Å². The quantitative estimate of drug-likeness (QED) is 0.793. The molecule has 0 aliphatic rings. The van der Waals surface area contributed by atoms with Crippen LogP contribution in [0.4, 0.5) is 0 Å². The lowest BCUT2D eigenvalue weighted by Gasteiger charge is -2.07. The van der Waals surface area contributed by atoms with Gasteiger partial charge in [0.1, 0.15) is 11.6 Å². The Morgan fingerprint density at radius 1 is 1.00 bits per heavy atom. The van der Waals surface area contributed by atoms with Crippen molar-refractivity contribution in [1.82, 2.24) is 15.2 Å². The molecule has 1 N–H and O–H groups in total. The molecule has 0 saturated carbocycles. The topological polar surface area (TPSA) is 50.8 Å². The van der Waals surface area contributed by atoms with Gasteiger partial charge in [0.15, 0.2) is 5.82 Å². The minimum absolute atomic E-state index is 0.186. The average Bonchev–Trinajstić information content (AvgIpc) is 3.05. The van der Waals surface area contributed by atoms with Gasteiger partial charge in [-0.3, -0.25) is 5.10 Å². The number of nitrogens with one attached hydrogen (secondary N) is 1. The molecule has 1 unspecified atom stereocenters. The average molecular weight is 279 g/mol. The predicted molar refractivity (Wildman–Crippen MR) is 82.3 cm³/mol. The Hall–Kier alpha value is -2.62. The number of H-pyrrole nitrogens is 1. The van der Waals surface area contributed by atoms with Crippen molar-refractivity contribution >= 4 is 0 Å². The summed E-state index contributed by atoms with van der Waals surface area (Å²) in [6.45, 7) is 2.12. The molecule has 0 fully saturated rings. The van der Waals surface area contributed by atoms with Gasteiger partial charge in [0.2, 0.25) is 0 Å². The SMILES string of the molecule is COc1ccc(-c2n[nH]c(C(C)c3ccccc3)n2)cc1. The van der Waals surface area contributed by atoms with Crippen LogP contribution in [0.5, 0.6) is 5.75 Å². The summed E-state index contributed by atoms with van der Waals surface area (Å²) >= 11 is 0. The molecule has 0 bridgehead atoms. The largest absolute Gasteiger partial charge is 0.497 e. The van der Waals surface area contributed by atoms with Gasteiger partial charge in [0, 0.05) is 11.5 Å². The van der Waals surface area contributed by atoms with E-state index in [-0.39, 0.29) is 5.92 Å². The van der Waals surface area contributed by atoms with Crippen LogP contribution in [0.2, 0.25) is 0 Å². The van der Waals surface area contributed by atoms with Crippen LogP contribution in [-0.2, 0) is 0 Å². The summed E-state index contributed by atoms with van der Waals surface area (Å²) in [5.74, 6) is 2.58. The standard InChI is InChI=1S/C17H17N3O/c1-12(13-6-4-3-5-7-13)16-18-17(20-19-16)14-8-10-15(21-2)11-9-14/h3-12H,1-2H3,(H,18,19,20). The van der Waals surface area contributed by atoms with E-state index < -0.39 is 0 Å². The maximum Gasteiger partial charge on any atom is 0.181 e. The fraction of sp³-hybridized carbons (Fsp3) is 0.176. The summed E-state index contributed by atoms with van der Waals surface area (Å²) in [7, 11) is 1.65. The molecule has 0 amide bonds. The van der Waals surface area contributed by atoms with E-state index in [1.54, 1.807) is 7.11 Å². The molecule has 0 saturated heterocycles. The van der Waals surface area contributed by atoms with E-state index in [1.807, 2.05) is 42.5 Å². The van der Waals surface area contributed by atoms with Crippen LogP contribution in [0.3, 0.4) is 0 Å². The van der Waals surface area contributed by atoms with Gasteiger partial charge in [-0.2, -0.15) is 5.10 Å². The van der Waals surface area contributed by atoms with Gasteiger partial charge in [-0.1, -0.05) is 37.3 Å². The summed E-state index contributed by atoms with van der Waals surface area (Å²) < 4.78 is 5.16. The van der Waals surface area contributed by atoms with E-state index >= 15 is 0 Å². The van der Waals surface area contributed by atoms with Gasteiger partial charge in [-0.25, -0.2) is 4.98 Å². The Bertz CT molecular complexity index is 704. The number of aromatic amines is 1. The van der Waals surface area contributed by atoms with Crippen LogP contribution in [0.15, 0.2) is 54.6 Å². The Kier molecular flexibility index (Phi) is 3.69. The highest BCUT2D eigenvalue weighted by atomic mass is 16.5. The molecule has 21 heavy (non-hydrogen) atoms. The van der Waals surface area contributed by atoms with Crippen molar-refractivity contribution in [3.63, 3.8) is 0 Å². The summed E-state index contributed by atoms with van der Waals surface area (Å²) in [5.41, 5.74) is 2.19. The number of benzene rings is 2. The third-order valence-corrected chi connectivity index (χ3v) is 3.56. The molecule has 0 aliphatic heterocycles. The fourth-order valence-electron chi connectivity index (χ4n) is 2.24. The van der Waals surface area contributed by atoms with Gasteiger partial charge >= 0.3 is 0 Å². The third-order valence-electron chi connectivity index (χ3n) is 3.56. The van der Waals surface area contributed by atoms with Gasteiger partial charge < -0.3 is 4.74 Å². The fourth-order valence-corrected chi connectivity index (χ4v) is 2.24. The van der Waals surface area contributed by atoms with Gasteiger partial charge in [-0.05, 0) is 29.8 Å². The van der Waals surface area contributed by atoms with E-state index in [2.05, 4.69) is 34.2 Å². The number of hydrogen-bond acceptors (Lipinski definition) is 3. The predicted octanol–water partition coefficient (Wildman–Crippen LogP) is 3.63. The maximum atomic E-state index is 5.16. The molecule has 0 spiro atoms. The zero-order chi connectivity index (χ0) is 14.7. The Balaban J connectivity index is 1.85. The van der Waals surface area contributed by atoms with E-state index in [9.17, 15) is 0 Å². The van der Waals surface area contributed by atoms with Crippen LogP contribution >= 0.6 is 0 Å². The van der Waals surface area contributed by atoms with Gasteiger partial charge in [0.25, 0.3) is 0 Å². The maximum absolute atomic E-state index is 5.16. The van der Waals surface area contributed by atoms with E-state index in [1.165, 1.54) is 5.56 Å². The first-order valence-corrected chi connectivity index (χ1v) is 6.89. The molecule has 0 radical (unpaired) electrons. The highest BCUT2D eigenvalue weighted by Crippen LogP contribution is 2.24. The third kappa shape index (κ3) is 2.79. The normalized spacial score (nSPS) is 12.1. The zero-order valence-corrected chi connectivity index (χ0v) is 12.1. The molecular weight excluding hydrogens is 262 g/mol. The number of aromatic nitrogens is 3. The lowest BCUT2D eigenvalue weighted by Crippen LogP contribution is -1.98. The molecule has 106 valence electrons. The molecule has 0 aliphatic carbocycles. The molecule has 3 aromatic rings. The summed E-state index contributed by atoms with van der Waals surface area (Å²) in [5, 5.41) is 7.35. The smallest absolute Gasteiger partial charge is 0.181 e. The molecule has 4 nitrogen and oxygen atoms in total. The molecule has 1 aromatic heterocycles. The van der Waals surface area contributed by atoms with Crippen molar-refractivity contribution in [3.05, 3.63) is 66.0 Å². The van der Waals surface area contributed by atoms with Crippen LogP contribution < -0.4 is 4.74 Å². The number of hydrogen-bond donors (Lipinski definition) is 1. The first-order chi connectivity index (χ1) is 10.3. The Morgan fingerprint density at radius 2 is 1.71 bits per heavy atom. The molecule has 1 atom stereocenters. The molecular formula is C17H17N3O. The van der Waals surface area contributed by atoms with Gasteiger partial charge in [0.05, 0.1) is 7.11 Å². The molecule has 2 aromatic carbocycles. The van der Waals surface area contributed by atoms with Crippen LogP contribution in [0, 0.1) is 0 Å². The molecule has 1 heterocycles. The van der Waals surface area contributed by atoms with Crippen molar-refractivity contribution in [3.8, 4) is 17.1 Å². The van der Waals surface area contributed by atoms with Crippen molar-refractivity contribution in [2.75, 3.05) is 7.11 Å². The van der Waals surface area contributed by atoms with Crippen LogP contribution in [0.25, 0.3) is 11.4 Å². The summed E-state index contributed by atoms with van der Waals surface area (Å²) in [6.07, 6.45) is 0. The second-order valence-electron chi connectivity index (χ2n) is 4.91. The number of ether oxygens (including phenoxy) is 1. The lowest BCUT2D eigenvalue weighted by molar-refractivity contribution is 0.415. The molecule has 3 rings (SSSR count). The van der Waals surface area contributed by atoms with Crippen molar-refractivity contribution < 1.29 is 4.74 Å². The number of nitrogens with zero attached hydrogens (tertiary/aromatic N) is 2. The Labute approximate surface area is 123 Å². The first kappa shape index (κ1) is 13.4. The van der Waals surface area contributed by atoms with Crippen molar-refractivity contribution in [1.29, 1.82) is 0 Å². The van der Waals surface area contributed by atoms with E-state index in [0.717, 1.165) is 17.1 Å². The van der Waals surface area contributed by atoms with Gasteiger partial charge in [-0.15, -0.1) is 0 Å². The number of rotatable bonds is 4. The van der Waals surface area contributed by atoms with E-state index in [0.29, 0.717) is 5.82 Å². The van der Waals surface area contributed by atoms with Crippen LogP contribution in [0.1, 0.15) is 24.2 Å². The van der Waals surface area contributed by atoms with Crippen molar-refractivity contribution in [2.24, 2.45) is 0 Å². The first-order valence-electron chi connectivity index (χ1n) is 6.89. The lowest BCUT2D eigenvalue weighted by atomic mass is 10.0. The second-order valence-corrected chi connectivity index (χ2v) is 4.91. The summed E-state index contributed by atoms with van der Waals surface area (Å²) in [4.78, 5) is 4.60. The highest BCUT2D eigenvalue weighted by Gasteiger charge is 2.13. The van der Waals surface area contributed by atoms with E-state index in [4.69, 9.17) is 4.74 Å².